The number of nitrogens with zero attached hydrogens (tertiary/aromatic N) is 6. The molecule has 4 aromatic rings. The Kier molecular flexibility index (Phi) is 7.71. The zero-order chi connectivity index (χ0) is 28.6. The fourth-order valence-corrected chi connectivity index (χ4v) is 5.44. The van der Waals surface area contributed by atoms with E-state index in [9.17, 15) is 19.1 Å². The largest absolute Gasteiger partial charge is 0.493 e. The minimum Gasteiger partial charge on any atom is -0.493 e. The summed E-state index contributed by atoms with van der Waals surface area (Å²) in [5.74, 6) is -1.94. The van der Waals surface area contributed by atoms with Gasteiger partial charge in [-0.1, -0.05) is 43.6 Å². The molecule has 9 nitrogen and oxygen atoms in total. The molecule has 0 spiro atoms. The highest BCUT2D eigenvalue weighted by Gasteiger charge is 2.35. The third-order valence-corrected chi connectivity index (χ3v) is 7.57. The Labute approximate surface area is 235 Å². The van der Waals surface area contributed by atoms with Gasteiger partial charge in [-0.25, -0.2) is 4.39 Å². The Morgan fingerprint density at radius 1 is 1.18 bits per heavy atom. The lowest BCUT2D eigenvalue weighted by Gasteiger charge is -2.22. The van der Waals surface area contributed by atoms with Crippen molar-refractivity contribution in [1.82, 2.24) is 29.2 Å². The number of para-hydroxylation sites is 1. The first-order chi connectivity index (χ1) is 19.3. The molecule has 1 aliphatic heterocycles. The average Bonchev–Trinajstić information content (AvgIpc) is 3.63. The van der Waals surface area contributed by atoms with Gasteiger partial charge in [-0.2, -0.15) is 10.1 Å². The van der Waals surface area contributed by atoms with Crippen molar-refractivity contribution in [2.75, 3.05) is 13.1 Å². The second kappa shape index (κ2) is 11.2. The quantitative estimate of drug-likeness (QED) is 0.347. The molecular weight excluding hydrogens is 535 g/mol. The molecule has 0 aliphatic carbocycles. The number of aryl methyl sites for hydroxylation is 3. The van der Waals surface area contributed by atoms with Crippen LogP contribution in [0.5, 0.6) is 5.88 Å². The van der Waals surface area contributed by atoms with E-state index in [2.05, 4.69) is 15.1 Å². The predicted molar refractivity (Wildman–Crippen MR) is 150 cm³/mol. The summed E-state index contributed by atoms with van der Waals surface area (Å²) in [6.07, 6.45) is 4.88. The Bertz CT molecular complexity index is 1630. The average molecular weight is 565 g/mol. The lowest BCUT2D eigenvalue weighted by atomic mass is 10.0. The molecule has 1 unspecified atom stereocenters. The monoisotopic (exact) mass is 564 g/mol. The highest BCUT2D eigenvalue weighted by molar-refractivity contribution is 6.30. The minimum absolute atomic E-state index is 0.137. The van der Waals surface area contributed by atoms with Gasteiger partial charge in [-0.3, -0.25) is 23.8 Å². The molecule has 5 rings (SSSR count). The first-order valence-corrected chi connectivity index (χ1v) is 13.8. The van der Waals surface area contributed by atoms with Crippen LogP contribution in [0.15, 0.2) is 47.5 Å². The summed E-state index contributed by atoms with van der Waals surface area (Å²) in [7, 11) is 0. The zero-order valence-electron chi connectivity index (χ0n) is 22.6. The first-order valence-electron chi connectivity index (χ1n) is 13.4. The molecule has 40 heavy (non-hydrogen) atoms. The third kappa shape index (κ3) is 4.88. The highest BCUT2D eigenvalue weighted by Crippen LogP contribution is 2.34. The number of halogens is 2. The van der Waals surface area contributed by atoms with E-state index in [-0.39, 0.29) is 35.5 Å². The maximum atomic E-state index is 14.5. The van der Waals surface area contributed by atoms with Gasteiger partial charge in [-0.15, -0.1) is 0 Å². The van der Waals surface area contributed by atoms with Crippen molar-refractivity contribution in [3.63, 3.8) is 0 Å². The summed E-state index contributed by atoms with van der Waals surface area (Å²) in [5.41, 5.74) is 1.82. The fraction of sp³-hybridized carbons (Fsp3) is 0.345. The topological polar surface area (TPSA) is 106 Å². The van der Waals surface area contributed by atoms with E-state index in [4.69, 9.17) is 11.6 Å². The molecule has 0 bridgehead atoms. The second-order valence-electron chi connectivity index (χ2n) is 9.72. The van der Waals surface area contributed by atoms with E-state index >= 15 is 0 Å². The molecule has 1 N–H and O–H groups in total. The lowest BCUT2D eigenvalue weighted by molar-refractivity contribution is 0.0784. The van der Waals surface area contributed by atoms with Crippen LogP contribution in [-0.2, 0) is 19.4 Å². The van der Waals surface area contributed by atoms with Crippen LogP contribution in [-0.4, -0.2) is 53.3 Å². The van der Waals surface area contributed by atoms with E-state index < -0.39 is 28.7 Å². The van der Waals surface area contributed by atoms with Gasteiger partial charge in [0.05, 0.1) is 16.4 Å². The number of hydrogen-bond acceptors (Lipinski definition) is 6. The molecule has 1 saturated heterocycles. The standard InChI is InChI=1S/C29H30ClFN6O3/c1-4-17-8-7-9-18(5-2)25(17)37-26(22-11-13-36(6-3)34-22)33-27(38)23(29(37)40)28(39)35-12-10-19(16-35)24-21(31)14-20(30)15-32-24/h7-9,11,13-15,19,40H,4-6,10,12,16H2,1-3H3. The minimum atomic E-state index is -0.855. The Morgan fingerprint density at radius 3 is 2.52 bits per heavy atom. The second-order valence-corrected chi connectivity index (χ2v) is 10.2. The fourth-order valence-electron chi connectivity index (χ4n) is 5.29. The van der Waals surface area contributed by atoms with Crippen LogP contribution >= 0.6 is 11.6 Å². The SMILES string of the molecule is CCc1cccc(CC)c1-n1c(-c2ccn(CC)n2)nc(=O)c(C(=O)N2CCC(c3ncc(Cl)cc3F)C2)c1O. The van der Waals surface area contributed by atoms with Crippen LogP contribution in [0.25, 0.3) is 17.2 Å². The van der Waals surface area contributed by atoms with Gasteiger partial charge < -0.3 is 10.0 Å². The number of aromatic hydroxyl groups is 1. The van der Waals surface area contributed by atoms with Crippen LogP contribution in [0.2, 0.25) is 5.02 Å². The van der Waals surface area contributed by atoms with Crippen LogP contribution in [0.1, 0.15) is 60.3 Å². The first kappa shape index (κ1) is 27.5. The summed E-state index contributed by atoms with van der Waals surface area (Å²) in [5, 5.41) is 16.4. The number of amides is 1. The van der Waals surface area contributed by atoms with Gasteiger partial charge in [-0.05, 0) is 49.4 Å². The van der Waals surface area contributed by atoms with Crippen LogP contribution in [0, 0.1) is 5.82 Å². The number of carbonyl (C=O) groups excluding carboxylic acids is 1. The van der Waals surface area contributed by atoms with Gasteiger partial charge in [0, 0.05) is 37.9 Å². The summed E-state index contributed by atoms with van der Waals surface area (Å²) in [6.45, 7) is 6.94. The molecule has 0 saturated carbocycles. The lowest BCUT2D eigenvalue weighted by Crippen LogP contribution is -2.34. The highest BCUT2D eigenvalue weighted by atomic mass is 35.5. The predicted octanol–water partition coefficient (Wildman–Crippen LogP) is 4.76. The Morgan fingerprint density at radius 2 is 1.90 bits per heavy atom. The van der Waals surface area contributed by atoms with E-state index in [1.165, 1.54) is 21.7 Å². The van der Waals surface area contributed by atoms with Crippen molar-refractivity contribution >= 4 is 17.5 Å². The molecule has 1 amide bonds. The molecule has 0 radical (unpaired) electrons. The van der Waals surface area contributed by atoms with E-state index in [0.717, 1.165) is 11.1 Å². The van der Waals surface area contributed by atoms with Gasteiger partial charge in [0.1, 0.15) is 11.5 Å². The molecule has 1 aliphatic rings. The van der Waals surface area contributed by atoms with E-state index in [1.807, 2.05) is 39.0 Å². The van der Waals surface area contributed by atoms with Crippen molar-refractivity contribution in [1.29, 1.82) is 0 Å². The molecule has 1 aromatic carbocycles. The van der Waals surface area contributed by atoms with Crippen molar-refractivity contribution in [3.05, 3.63) is 86.3 Å². The van der Waals surface area contributed by atoms with E-state index in [0.29, 0.717) is 37.2 Å². The number of likely N-dealkylation sites (tertiary alicyclic amines) is 1. The zero-order valence-corrected chi connectivity index (χ0v) is 23.3. The Hall–Kier alpha value is -4.05. The van der Waals surface area contributed by atoms with Crippen molar-refractivity contribution in [2.45, 2.75) is 52.5 Å². The van der Waals surface area contributed by atoms with E-state index in [1.54, 1.807) is 16.9 Å². The number of aromatic nitrogens is 5. The van der Waals surface area contributed by atoms with Crippen molar-refractivity contribution in [3.8, 4) is 23.1 Å². The smallest absolute Gasteiger partial charge is 0.290 e. The third-order valence-electron chi connectivity index (χ3n) is 7.36. The number of pyridine rings is 1. The van der Waals surface area contributed by atoms with Crippen LogP contribution in [0.3, 0.4) is 0 Å². The van der Waals surface area contributed by atoms with Gasteiger partial charge in [0.25, 0.3) is 11.5 Å². The molecule has 1 fully saturated rings. The van der Waals surface area contributed by atoms with Gasteiger partial charge in [0.2, 0.25) is 5.88 Å². The maximum absolute atomic E-state index is 14.5. The summed E-state index contributed by atoms with van der Waals surface area (Å²) >= 11 is 5.85. The molecule has 3 aromatic heterocycles. The van der Waals surface area contributed by atoms with Gasteiger partial charge >= 0.3 is 0 Å². The summed E-state index contributed by atoms with van der Waals surface area (Å²) in [6, 6.07) is 8.75. The number of rotatable bonds is 7. The molecular formula is C29H30ClFN6O3. The molecule has 1 atom stereocenters. The molecule has 11 heteroatoms. The molecule has 4 heterocycles. The van der Waals surface area contributed by atoms with Crippen molar-refractivity contribution < 1.29 is 14.3 Å². The van der Waals surface area contributed by atoms with Crippen LogP contribution in [0.4, 0.5) is 4.39 Å². The number of carbonyl (C=O) groups is 1. The Balaban J connectivity index is 1.64. The van der Waals surface area contributed by atoms with Gasteiger partial charge in [0.15, 0.2) is 11.4 Å². The normalized spacial score (nSPS) is 15.1. The molecule has 208 valence electrons. The number of hydrogen-bond donors (Lipinski definition) is 1. The summed E-state index contributed by atoms with van der Waals surface area (Å²) < 4.78 is 17.7. The maximum Gasteiger partial charge on any atom is 0.290 e. The van der Waals surface area contributed by atoms with Crippen LogP contribution < -0.4 is 5.56 Å². The number of benzene rings is 1. The van der Waals surface area contributed by atoms with Crippen molar-refractivity contribution in [2.24, 2.45) is 0 Å². The summed E-state index contributed by atoms with van der Waals surface area (Å²) in [4.78, 5) is 37.0.